The van der Waals surface area contributed by atoms with E-state index < -0.39 is 12.0 Å². The normalized spacial score (nSPS) is 19.9. The summed E-state index contributed by atoms with van der Waals surface area (Å²) in [5, 5.41) is 6.38. The Morgan fingerprint density at radius 3 is 2.12 bits per heavy atom. The van der Waals surface area contributed by atoms with Gasteiger partial charge in [0, 0.05) is 10.0 Å². The molecule has 158 valence electrons. The van der Waals surface area contributed by atoms with Gasteiger partial charge in [0.1, 0.15) is 12.0 Å². The van der Waals surface area contributed by atoms with E-state index in [4.69, 9.17) is 5.10 Å². The fraction of sp³-hybridized carbons (Fsp3) is 0.120. The molecule has 2 aliphatic heterocycles. The summed E-state index contributed by atoms with van der Waals surface area (Å²) in [4.78, 5) is 39.9. The number of nitrogens with zero attached hydrogens (tertiary/aromatic N) is 3. The lowest BCUT2D eigenvalue weighted by Crippen LogP contribution is -2.39. The van der Waals surface area contributed by atoms with E-state index in [-0.39, 0.29) is 17.6 Å². The SMILES string of the molecule is CC(=O)c1ccc(N2C(=O)[C@@H]3C(c4ccc(Br)cc4)=NN(c4ccccc4)[C@H]3C2=O)cc1. The fourth-order valence-electron chi connectivity index (χ4n) is 4.17. The van der Waals surface area contributed by atoms with Gasteiger partial charge in [-0.2, -0.15) is 5.10 Å². The van der Waals surface area contributed by atoms with E-state index in [2.05, 4.69) is 15.9 Å². The Kier molecular flexibility index (Phi) is 4.98. The van der Waals surface area contributed by atoms with Crippen LogP contribution in [-0.2, 0) is 9.59 Å². The van der Waals surface area contributed by atoms with Crippen LogP contribution < -0.4 is 9.91 Å². The molecule has 3 aromatic rings. The van der Waals surface area contributed by atoms with Crippen molar-refractivity contribution in [1.29, 1.82) is 0 Å². The molecule has 5 rings (SSSR count). The number of hydrogen-bond acceptors (Lipinski definition) is 5. The summed E-state index contributed by atoms with van der Waals surface area (Å²) in [6.45, 7) is 1.48. The number of ketones is 1. The molecule has 0 aromatic heterocycles. The average molecular weight is 488 g/mol. The number of benzene rings is 3. The first-order valence-corrected chi connectivity index (χ1v) is 10.9. The fourth-order valence-corrected chi connectivity index (χ4v) is 4.43. The average Bonchev–Trinajstić information content (AvgIpc) is 3.32. The van der Waals surface area contributed by atoms with E-state index in [0.717, 1.165) is 15.7 Å². The second kappa shape index (κ2) is 7.84. The molecule has 0 radical (unpaired) electrons. The van der Waals surface area contributed by atoms with Gasteiger partial charge in [0.15, 0.2) is 5.78 Å². The first kappa shape index (κ1) is 20.3. The molecule has 1 saturated heterocycles. The lowest BCUT2D eigenvalue weighted by atomic mass is 9.93. The van der Waals surface area contributed by atoms with Gasteiger partial charge in [-0.1, -0.05) is 46.3 Å². The third kappa shape index (κ3) is 3.26. The Bertz CT molecular complexity index is 1250. The summed E-state index contributed by atoms with van der Waals surface area (Å²) in [6, 6.07) is 22.7. The number of hydrogen-bond donors (Lipinski definition) is 0. The van der Waals surface area contributed by atoms with E-state index in [1.54, 1.807) is 29.3 Å². The number of amides is 2. The first-order chi connectivity index (χ1) is 15.5. The molecular weight excluding hydrogens is 470 g/mol. The number of rotatable bonds is 4. The van der Waals surface area contributed by atoms with Crippen molar-refractivity contribution in [3.63, 3.8) is 0 Å². The van der Waals surface area contributed by atoms with Crippen molar-refractivity contribution in [2.75, 3.05) is 9.91 Å². The summed E-state index contributed by atoms with van der Waals surface area (Å²) in [5.41, 5.74) is 3.06. The minimum Gasteiger partial charge on any atom is -0.295 e. The van der Waals surface area contributed by atoms with Crippen molar-refractivity contribution in [1.82, 2.24) is 0 Å². The number of Topliss-reactive ketones (excluding diaryl/α,β-unsaturated/α-hetero) is 1. The smallest absolute Gasteiger partial charge is 0.259 e. The number of fused-ring (bicyclic) bond motifs is 1. The molecule has 0 N–H and O–H groups in total. The molecule has 0 unspecified atom stereocenters. The van der Waals surface area contributed by atoms with Crippen molar-refractivity contribution in [3.05, 3.63) is 94.5 Å². The van der Waals surface area contributed by atoms with Gasteiger partial charge in [-0.15, -0.1) is 0 Å². The van der Waals surface area contributed by atoms with Gasteiger partial charge < -0.3 is 0 Å². The van der Waals surface area contributed by atoms with E-state index in [9.17, 15) is 14.4 Å². The van der Waals surface area contributed by atoms with Gasteiger partial charge in [0.05, 0.1) is 17.1 Å². The minimum atomic E-state index is -0.768. The molecule has 2 heterocycles. The topological polar surface area (TPSA) is 70.1 Å². The number of anilines is 2. The second-order valence-corrected chi connectivity index (χ2v) is 8.63. The zero-order valence-corrected chi connectivity index (χ0v) is 18.7. The molecular formula is C25H18BrN3O3. The van der Waals surface area contributed by atoms with Crippen LogP contribution >= 0.6 is 15.9 Å². The van der Waals surface area contributed by atoms with Gasteiger partial charge in [0.2, 0.25) is 5.91 Å². The van der Waals surface area contributed by atoms with E-state index in [0.29, 0.717) is 17.0 Å². The molecule has 0 saturated carbocycles. The Balaban J connectivity index is 1.59. The molecule has 0 spiro atoms. The molecule has 1 fully saturated rings. The summed E-state index contributed by atoms with van der Waals surface area (Å²) in [6.07, 6.45) is 0. The third-order valence-electron chi connectivity index (χ3n) is 5.74. The van der Waals surface area contributed by atoms with Gasteiger partial charge >= 0.3 is 0 Å². The molecule has 0 bridgehead atoms. The Hall–Kier alpha value is -3.58. The highest BCUT2D eigenvalue weighted by Gasteiger charge is 2.57. The minimum absolute atomic E-state index is 0.0765. The lowest BCUT2D eigenvalue weighted by molar-refractivity contribution is -0.121. The molecule has 32 heavy (non-hydrogen) atoms. The number of imide groups is 1. The van der Waals surface area contributed by atoms with Crippen LogP contribution in [0.15, 0.2) is 88.4 Å². The van der Waals surface area contributed by atoms with E-state index in [1.807, 2.05) is 54.6 Å². The maximum atomic E-state index is 13.6. The number of carbonyl (C=O) groups excluding carboxylic acids is 3. The van der Waals surface area contributed by atoms with Crippen LogP contribution in [0, 0.1) is 5.92 Å². The van der Waals surface area contributed by atoms with E-state index >= 15 is 0 Å². The van der Waals surface area contributed by atoms with Crippen LogP contribution in [-0.4, -0.2) is 29.4 Å². The van der Waals surface area contributed by atoms with Gasteiger partial charge in [-0.25, -0.2) is 4.90 Å². The molecule has 2 aliphatic rings. The molecule has 2 amide bonds. The maximum Gasteiger partial charge on any atom is 0.259 e. The lowest BCUT2D eigenvalue weighted by Gasteiger charge is -2.22. The van der Waals surface area contributed by atoms with Crippen molar-refractivity contribution in [2.45, 2.75) is 13.0 Å². The summed E-state index contributed by atoms with van der Waals surface area (Å²) >= 11 is 3.43. The number of carbonyl (C=O) groups is 3. The van der Waals surface area contributed by atoms with Crippen molar-refractivity contribution in [3.8, 4) is 0 Å². The van der Waals surface area contributed by atoms with Crippen LogP contribution in [0.1, 0.15) is 22.8 Å². The predicted molar refractivity (Wildman–Crippen MR) is 126 cm³/mol. The van der Waals surface area contributed by atoms with Crippen LogP contribution in [0.2, 0.25) is 0 Å². The zero-order valence-electron chi connectivity index (χ0n) is 17.1. The van der Waals surface area contributed by atoms with Crippen LogP contribution in [0.4, 0.5) is 11.4 Å². The number of halogens is 1. The highest BCUT2D eigenvalue weighted by molar-refractivity contribution is 9.10. The van der Waals surface area contributed by atoms with Gasteiger partial charge in [-0.3, -0.25) is 19.4 Å². The largest absolute Gasteiger partial charge is 0.295 e. The number of hydrazone groups is 1. The Morgan fingerprint density at radius 1 is 0.844 bits per heavy atom. The van der Waals surface area contributed by atoms with Gasteiger partial charge in [-0.05, 0) is 61.0 Å². The quantitative estimate of drug-likeness (QED) is 0.403. The van der Waals surface area contributed by atoms with E-state index in [1.165, 1.54) is 11.8 Å². The Morgan fingerprint density at radius 2 is 1.50 bits per heavy atom. The first-order valence-electron chi connectivity index (χ1n) is 10.1. The standard InChI is InChI=1S/C25H18BrN3O3/c1-15(30)16-9-13-19(14-10-16)28-24(31)21-22(17-7-11-18(26)12-8-17)27-29(23(21)25(28)32)20-5-3-2-4-6-20/h2-14,21,23H,1H3/t21-,23-/m1/s1. The second-order valence-electron chi connectivity index (χ2n) is 7.71. The summed E-state index contributed by atoms with van der Waals surface area (Å²) in [5.74, 6) is -1.46. The maximum absolute atomic E-state index is 13.6. The zero-order chi connectivity index (χ0) is 22.4. The van der Waals surface area contributed by atoms with Crippen LogP contribution in [0.5, 0.6) is 0 Å². The van der Waals surface area contributed by atoms with Crippen molar-refractivity contribution >= 4 is 50.6 Å². The number of para-hydroxylation sites is 1. The molecule has 7 heteroatoms. The molecule has 3 aromatic carbocycles. The van der Waals surface area contributed by atoms with Crippen molar-refractivity contribution in [2.24, 2.45) is 11.0 Å². The third-order valence-corrected chi connectivity index (χ3v) is 6.27. The highest BCUT2D eigenvalue weighted by atomic mass is 79.9. The van der Waals surface area contributed by atoms with Gasteiger partial charge in [0.25, 0.3) is 5.91 Å². The highest BCUT2D eigenvalue weighted by Crippen LogP contribution is 2.39. The van der Waals surface area contributed by atoms with Crippen LogP contribution in [0.25, 0.3) is 0 Å². The monoisotopic (exact) mass is 487 g/mol. The molecule has 0 aliphatic carbocycles. The van der Waals surface area contributed by atoms with Crippen molar-refractivity contribution < 1.29 is 14.4 Å². The molecule has 2 atom stereocenters. The van der Waals surface area contributed by atoms with Crippen LogP contribution in [0.3, 0.4) is 0 Å². The molecule has 6 nitrogen and oxygen atoms in total. The summed E-state index contributed by atoms with van der Waals surface area (Å²) in [7, 11) is 0. The Labute approximate surface area is 193 Å². The summed E-state index contributed by atoms with van der Waals surface area (Å²) < 4.78 is 0.914. The predicted octanol–water partition coefficient (Wildman–Crippen LogP) is 4.43.